The molecule has 0 unspecified atom stereocenters. The summed E-state index contributed by atoms with van der Waals surface area (Å²) >= 11 is 6.32. The number of hydrogen-bond acceptors (Lipinski definition) is 5. The van der Waals surface area contributed by atoms with Crippen LogP contribution < -0.4 is 15.0 Å². The van der Waals surface area contributed by atoms with E-state index < -0.39 is 6.03 Å². The molecule has 1 aromatic heterocycles. The highest BCUT2D eigenvalue weighted by Gasteiger charge is 2.28. The number of nitrogens with zero attached hydrogens (tertiary/aromatic N) is 3. The number of benzene rings is 2. The van der Waals surface area contributed by atoms with Gasteiger partial charge in [-0.25, -0.2) is 4.79 Å². The molecular weight excluding hydrogens is 468 g/mol. The highest BCUT2D eigenvalue weighted by Crippen LogP contribution is 2.33. The van der Waals surface area contributed by atoms with Crippen molar-refractivity contribution >= 4 is 29.2 Å². The molecule has 3 rings (SSSR count). The molecule has 2 N–H and O–H groups in total. The van der Waals surface area contributed by atoms with Crippen LogP contribution in [0.25, 0.3) is 0 Å². The number of hydrogen-bond donors (Lipinski definition) is 2. The number of ether oxygens (including phenoxy) is 1. The Kier molecular flexibility index (Phi) is 9.28. The predicted octanol–water partition coefficient (Wildman–Crippen LogP) is 5.06. The molecule has 0 saturated carbocycles. The van der Waals surface area contributed by atoms with Crippen molar-refractivity contribution in [2.45, 2.75) is 39.7 Å². The van der Waals surface area contributed by atoms with Crippen molar-refractivity contribution in [2.24, 2.45) is 0 Å². The zero-order valence-electron chi connectivity index (χ0n) is 20.3. The minimum Gasteiger partial charge on any atom is -0.424 e. The Labute approximate surface area is 210 Å². The number of aryl methyl sites for hydroxylation is 1. The average molecular weight is 499 g/mol. The van der Waals surface area contributed by atoms with Crippen LogP contribution in [0.15, 0.2) is 48.5 Å². The zero-order valence-corrected chi connectivity index (χ0v) is 21.0. The summed E-state index contributed by atoms with van der Waals surface area (Å²) in [6, 6.07) is 14.8. The van der Waals surface area contributed by atoms with E-state index in [2.05, 4.69) is 17.2 Å². The van der Waals surface area contributed by atoms with Crippen LogP contribution in [0.5, 0.6) is 11.8 Å². The molecule has 0 fully saturated rings. The van der Waals surface area contributed by atoms with Crippen LogP contribution in [-0.2, 0) is 13.0 Å². The quantitative estimate of drug-likeness (QED) is 0.284. The Morgan fingerprint density at radius 2 is 1.80 bits per heavy atom. The van der Waals surface area contributed by atoms with E-state index in [-0.39, 0.29) is 36.3 Å². The van der Waals surface area contributed by atoms with Gasteiger partial charge in [-0.1, -0.05) is 61.8 Å². The van der Waals surface area contributed by atoms with E-state index in [1.807, 2.05) is 24.3 Å². The number of nitrogens with one attached hydrogen (secondary N) is 1. The second kappa shape index (κ2) is 12.4. The van der Waals surface area contributed by atoms with Gasteiger partial charge >= 0.3 is 12.0 Å². The molecule has 8 nitrogen and oxygen atoms in total. The molecule has 1 heterocycles. The lowest BCUT2D eigenvalue weighted by Crippen LogP contribution is -2.39. The summed E-state index contributed by atoms with van der Waals surface area (Å²) in [4.78, 5) is 31.7. The standard InChI is InChI=1S/C26H31ClN4O4/c1-4-18-11-13-19(14-12-18)17-31-23(21(33)5-2)24(30(3)25(34)28-15-8-16-32)29-26(31)35-22-10-7-6-9-20(22)27/h6-7,9-14,32H,4-5,8,15-17H2,1-3H3,(H,28,34). The average Bonchev–Trinajstić information content (AvgIpc) is 3.22. The number of aromatic nitrogens is 2. The number of amides is 2. The smallest absolute Gasteiger partial charge is 0.322 e. The van der Waals surface area contributed by atoms with E-state index in [1.54, 1.807) is 42.8 Å². The molecule has 0 saturated heterocycles. The molecule has 0 aliphatic carbocycles. The van der Waals surface area contributed by atoms with E-state index in [9.17, 15) is 9.59 Å². The highest BCUT2D eigenvalue weighted by molar-refractivity contribution is 6.32. The summed E-state index contributed by atoms with van der Waals surface area (Å²) < 4.78 is 7.76. The largest absolute Gasteiger partial charge is 0.424 e. The number of halogens is 1. The van der Waals surface area contributed by atoms with Gasteiger partial charge in [0.2, 0.25) is 0 Å². The van der Waals surface area contributed by atoms with Gasteiger partial charge < -0.3 is 15.2 Å². The van der Waals surface area contributed by atoms with Gasteiger partial charge in [0, 0.05) is 26.6 Å². The molecule has 2 aromatic carbocycles. The first kappa shape index (κ1) is 26.2. The molecule has 0 bridgehead atoms. The van der Waals surface area contributed by atoms with Crippen molar-refractivity contribution in [3.05, 3.63) is 70.4 Å². The maximum atomic E-state index is 13.1. The van der Waals surface area contributed by atoms with Crippen LogP contribution in [0, 0.1) is 0 Å². The lowest BCUT2D eigenvalue weighted by atomic mass is 10.1. The van der Waals surface area contributed by atoms with Gasteiger partial charge in [-0.3, -0.25) is 14.3 Å². The summed E-state index contributed by atoms with van der Waals surface area (Å²) in [5, 5.41) is 12.1. The van der Waals surface area contributed by atoms with Crippen molar-refractivity contribution < 1.29 is 19.4 Å². The Hall–Kier alpha value is -3.36. The minimum absolute atomic E-state index is 0.0369. The number of para-hydroxylation sites is 1. The van der Waals surface area contributed by atoms with Crippen LogP contribution >= 0.6 is 11.6 Å². The number of anilines is 1. The van der Waals surface area contributed by atoms with Crippen LogP contribution in [0.3, 0.4) is 0 Å². The minimum atomic E-state index is -0.440. The molecule has 3 aromatic rings. The first-order chi connectivity index (χ1) is 16.9. The van der Waals surface area contributed by atoms with E-state index >= 15 is 0 Å². The topological polar surface area (TPSA) is 96.7 Å². The van der Waals surface area contributed by atoms with Crippen molar-refractivity contribution in [1.82, 2.24) is 14.9 Å². The lowest BCUT2D eigenvalue weighted by molar-refractivity contribution is 0.0979. The van der Waals surface area contributed by atoms with E-state index in [0.29, 0.717) is 30.3 Å². The second-order valence-corrected chi connectivity index (χ2v) is 8.41. The molecular formula is C26H31ClN4O4. The second-order valence-electron chi connectivity index (χ2n) is 8.00. The van der Waals surface area contributed by atoms with Crippen LogP contribution in [0.2, 0.25) is 5.02 Å². The maximum Gasteiger partial charge on any atom is 0.322 e. The third-order valence-electron chi connectivity index (χ3n) is 5.54. The summed E-state index contributed by atoms with van der Waals surface area (Å²) in [5.41, 5.74) is 2.43. The van der Waals surface area contributed by atoms with Gasteiger partial charge in [-0.05, 0) is 36.1 Å². The normalized spacial score (nSPS) is 10.8. The zero-order chi connectivity index (χ0) is 25.4. The third kappa shape index (κ3) is 6.41. The number of ketones is 1. The fourth-order valence-electron chi connectivity index (χ4n) is 3.50. The van der Waals surface area contributed by atoms with Crippen LogP contribution in [0.1, 0.15) is 48.3 Å². The SMILES string of the molecule is CCC(=O)c1c(N(C)C(=O)NCCCO)nc(Oc2ccccc2Cl)n1Cc1ccc(CC)cc1. The number of aliphatic hydroxyl groups excluding tert-OH is 1. The third-order valence-corrected chi connectivity index (χ3v) is 5.85. The van der Waals surface area contributed by atoms with Gasteiger partial charge in [-0.15, -0.1) is 0 Å². The van der Waals surface area contributed by atoms with Gasteiger partial charge in [-0.2, -0.15) is 4.98 Å². The Balaban J connectivity index is 2.09. The highest BCUT2D eigenvalue weighted by atomic mass is 35.5. The molecule has 9 heteroatoms. The summed E-state index contributed by atoms with van der Waals surface area (Å²) in [7, 11) is 1.54. The molecule has 186 valence electrons. The van der Waals surface area contributed by atoms with Crippen molar-refractivity contribution in [2.75, 3.05) is 25.1 Å². The molecule has 35 heavy (non-hydrogen) atoms. The number of carbonyl (C=O) groups is 2. The molecule has 0 aliphatic heterocycles. The number of urea groups is 1. The van der Waals surface area contributed by atoms with Gasteiger partial charge in [0.15, 0.2) is 11.6 Å². The molecule has 0 atom stereocenters. The lowest BCUT2D eigenvalue weighted by Gasteiger charge is -2.17. The molecule has 2 amide bonds. The number of Topliss-reactive ketones (excluding diaryl/α,β-unsaturated/α-hetero) is 1. The number of rotatable bonds is 11. The van der Waals surface area contributed by atoms with E-state index in [1.165, 1.54) is 10.5 Å². The first-order valence-electron chi connectivity index (χ1n) is 11.7. The summed E-state index contributed by atoms with van der Waals surface area (Å²) in [6.07, 6.45) is 1.56. The van der Waals surface area contributed by atoms with Crippen molar-refractivity contribution in [3.63, 3.8) is 0 Å². The van der Waals surface area contributed by atoms with E-state index in [0.717, 1.165) is 12.0 Å². The Morgan fingerprint density at radius 3 is 2.43 bits per heavy atom. The van der Waals surface area contributed by atoms with Crippen LogP contribution in [0.4, 0.5) is 10.6 Å². The maximum absolute atomic E-state index is 13.1. The Morgan fingerprint density at radius 1 is 1.11 bits per heavy atom. The van der Waals surface area contributed by atoms with Gasteiger partial charge in [0.25, 0.3) is 0 Å². The van der Waals surface area contributed by atoms with E-state index in [4.69, 9.17) is 21.4 Å². The fraction of sp³-hybridized carbons (Fsp3) is 0.346. The number of aliphatic hydroxyl groups is 1. The Bertz CT molecular complexity index is 1160. The fourth-order valence-corrected chi connectivity index (χ4v) is 3.67. The summed E-state index contributed by atoms with van der Waals surface area (Å²) in [5.74, 6) is 0.395. The van der Waals surface area contributed by atoms with Crippen molar-refractivity contribution in [3.8, 4) is 11.8 Å². The van der Waals surface area contributed by atoms with Gasteiger partial charge in [0.1, 0.15) is 11.4 Å². The predicted molar refractivity (Wildman–Crippen MR) is 137 cm³/mol. The number of carbonyl (C=O) groups excluding carboxylic acids is 2. The van der Waals surface area contributed by atoms with Crippen molar-refractivity contribution in [1.29, 1.82) is 0 Å². The molecule has 0 radical (unpaired) electrons. The molecule has 0 spiro atoms. The number of imidazole rings is 1. The molecule has 0 aliphatic rings. The first-order valence-corrected chi connectivity index (χ1v) is 12.0. The van der Waals surface area contributed by atoms with Crippen LogP contribution in [-0.4, -0.2) is 46.7 Å². The van der Waals surface area contributed by atoms with Gasteiger partial charge in [0.05, 0.1) is 11.6 Å². The monoisotopic (exact) mass is 498 g/mol. The summed E-state index contributed by atoms with van der Waals surface area (Å²) in [6.45, 7) is 4.43.